The molecule has 2 atom stereocenters. The van der Waals surface area contributed by atoms with Crippen LogP contribution in [0.4, 0.5) is 11.6 Å². The van der Waals surface area contributed by atoms with Gasteiger partial charge in [0.25, 0.3) is 5.91 Å². The average Bonchev–Trinajstić information content (AvgIpc) is 3.70. The molecule has 1 saturated carbocycles. The highest BCUT2D eigenvalue weighted by molar-refractivity contribution is 5.93. The van der Waals surface area contributed by atoms with Crippen molar-refractivity contribution in [1.82, 2.24) is 25.3 Å². The lowest BCUT2D eigenvalue weighted by Gasteiger charge is -2.33. The van der Waals surface area contributed by atoms with Gasteiger partial charge in [-0.3, -0.25) is 4.79 Å². The summed E-state index contributed by atoms with van der Waals surface area (Å²) in [6.45, 7) is 4.63. The molecule has 13 heteroatoms. The molecule has 2 aromatic heterocycles. The number of piperidine rings is 1. The summed E-state index contributed by atoms with van der Waals surface area (Å²) in [5, 5.41) is 13.2. The first-order valence-corrected chi connectivity index (χ1v) is 13.1. The van der Waals surface area contributed by atoms with Crippen molar-refractivity contribution in [1.29, 1.82) is 5.26 Å². The zero-order valence-corrected chi connectivity index (χ0v) is 22.3. The van der Waals surface area contributed by atoms with Gasteiger partial charge in [-0.15, -0.1) is 0 Å². The fourth-order valence-corrected chi connectivity index (χ4v) is 4.34. The SMILES string of the molecule is CCNC(=O)c1cc(N2CCC(COc3cc(/C(N)=C/N(C)N)cnc3N)CC2)nc(OCC2CC2C#N)n1. The molecule has 0 spiro atoms. The molecule has 2 aliphatic rings. The van der Waals surface area contributed by atoms with Gasteiger partial charge in [-0.1, -0.05) is 0 Å². The minimum atomic E-state index is -0.280. The normalized spacial score (nSPS) is 19.2. The number of nitrogens with zero attached hydrogens (tertiary/aromatic N) is 6. The van der Waals surface area contributed by atoms with Crippen LogP contribution >= 0.6 is 0 Å². The summed E-state index contributed by atoms with van der Waals surface area (Å²) in [5.74, 6) is 7.28. The molecule has 0 radical (unpaired) electrons. The Bertz CT molecular complexity index is 1240. The number of nitrogen functional groups attached to an aromatic ring is 1. The lowest BCUT2D eigenvalue weighted by Crippen LogP contribution is -2.36. The van der Waals surface area contributed by atoms with Gasteiger partial charge in [0.2, 0.25) is 0 Å². The summed E-state index contributed by atoms with van der Waals surface area (Å²) in [6.07, 6.45) is 5.70. The van der Waals surface area contributed by atoms with Crippen LogP contribution in [-0.4, -0.2) is 65.8 Å². The van der Waals surface area contributed by atoms with Crippen molar-refractivity contribution >= 4 is 23.2 Å². The predicted molar refractivity (Wildman–Crippen MR) is 146 cm³/mol. The van der Waals surface area contributed by atoms with E-state index in [9.17, 15) is 4.79 Å². The zero-order chi connectivity index (χ0) is 27.9. The highest BCUT2D eigenvalue weighted by Gasteiger charge is 2.38. The number of carbonyl (C=O) groups excluding carboxylic acids is 1. The van der Waals surface area contributed by atoms with Crippen molar-refractivity contribution in [3.8, 4) is 17.8 Å². The van der Waals surface area contributed by atoms with Crippen LogP contribution in [0, 0.1) is 29.1 Å². The molecule has 0 aromatic carbocycles. The van der Waals surface area contributed by atoms with Crippen LogP contribution in [0.3, 0.4) is 0 Å². The number of carbonyl (C=O) groups is 1. The van der Waals surface area contributed by atoms with Gasteiger partial charge >= 0.3 is 6.01 Å². The number of nitriles is 1. The van der Waals surface area contributed by atoms with Crippen molar-refractivity contribution in [2.75, 3.05) is 50.5 Å². The van der Waals surface area contributed by atoms with E-state index in [1.54, 1.807) is 31.6 Å². The second kappa shape index (κ2) is 12.5. The Hall–Kier alpha value is -4.31. The lowest BCUT2D eigenvalue weighted by molar-refractivity contribution is 0.0949. The van der Waals surface area contributed by atoms with Crippen molar-refractivity contribution < 1.29 is 14.3 Å². The summed E-state index contributed by atoms with van der Waals surface area (Å²) in [7, 11) is 1.68. The van der Waals surface area contributed by atoms with E-state index in [1.165, 1.54) is 5.01 Å². The molecule has 4 rings (SSSR count). The Morgan fingerprint density at radius 1 is 1.28 bits per heavy atom. The summed E-state index contributed by atoms with van der Waals surface area (Å²) < 4.78 is 11.8. The molecular weight excluding hydrogens is 500 g/mol. The third kappa shape index (κ3) is 7.38. The Morgan fingerprint density at radius 3 is 2.72 bits per heavy atom. The quantitative estimate of drug-likeness (QED) is 0.236. The predicted octanol–water partition coefficient (Wildman–Crippen LogP) is 1.10. The number of nitrogens with two attached hydrogens (primary N) is 3. The van der Waals surface area contributed by atoms with Gasteiger partial charge in [0.1, 0.15) is 11.5 Å². The lowest BCUT2D eigenvalue weighted by atomic mass is 9.98. The van der Waals surface area contributed by atoms with Crippen LogP contribution in [0.25, 0.3) is 5.70 Å². The standard InChI is InChI=1S/C26H36N10O3/c1-3-31-25(37)21-10-23(34-26(33-21)39-15-19-8-17(19)11-27)36-6-4-16(5-7-36)14-38-22-9-18(12-32-24(22)29)20(28)13-35(2)30/h9-10,12-13,16-17,19H,3-8,14-15,28,30H2,1-2H3,(H2,29,32)(H,31,37)/b20-13-. The molecule has 3 heterocycles. The maximum Gasteiger partial charge on any atom is 0.319 e. The van der Waals surface area contributed by atoms with Gasteiger partial charge in [0.05, 0.1) is 30.9 Å². The first kappa shape index (κ1) is 27.7. The monoisotopic (exact) mass is 536 g/mol. The van der Waals surface area contributed by atoms with Crippen LogP contribution < -0.4 is 37.0 Å². The fourth-order valence-electron chi connectivity index (χ4n) is 4.34. The topological polar surface area (TPSA) is 195 Å². The highest BCUT2D eigenvalue weighted by Crippen LogP contribution is 2.37. The number of hydrazine groups is 1. The number of amides is 1. The smallest absolute Gasteiger partial charge is 0.319 e. The van der Waals surface area contributed by atoms with Crippen LogP contribution in [0.5, 0.6) is 11.8 Å². The Kier molecular flexibility index (Phi) is 8.88. The molecule has 208 valence electrons. The van der Waals surface area contributed by atoms with Gasteiger partial charge in [0.15, 0.2) is 11.6 Å². The second-order valence-corrected chi connectivity index (χ2v) is 9.89. The van der Waals surface area contributed by atoms with E-state index in [4.69, 9.17) is 32.0 Å². The van der Waals surface area contributed by atoms with Gasteiger partial charge in [-0.05, 0) is 38.2 Å². The van der Waals surface area contributed by atoms with Crippen LogP contribution in [0.1, 0.15) is 42.2 Å². The third-order valence-corrected chi connectivity index (χ3v) is 6.75. The van der Waals surface area contributed by atoms with Crippen molar-refractivity contribution in [2.24, 2.45) is 29.3 Å². The summed E-state index contributed by atoms with van der Waals surface area (Å²) in [4.78, 5) is 27.7. The number of nitrogens with one attached hydrogen (secondary N) is 1. The molecule has 1 saturated heterocycles. The number of aromatic nitrogens is 3. The summed E-state index contributed by atoms with van der Waals surface area (Å²) in [5.41, 5.74) is 13.5. The number of hydrogen-bond acceptors (Lipinski definition) is 12. The van der Waals surface area contributed by atoms with E-state index in [2.05, 4.69) is 31.2 Å². The van der Waals surface area contributed by atoms with Crippen molar-refractivity contribution in [3.63, 3.8) is 0 Å². The maximum absolute atomic E-state index is 12.5. The van der Waals surface area contributed by atoms with Gasteiger partial charge in [0, 0.05) is 56.6 Å². The van der Waals surface area contributed by atoms with Gasteiger partial charge < -0.3 is 36.2 Å². The van der Waals surface area contributed by atoms with Gasteiger partial charge in [-0.25, -0.2) is 10.8 Å². The minimum absolute atomic E-state index is 0.0207. The molecule has 2 fully saturated rings. The first-order valence-electron chi connectivity index (χ1n) is 13.1. The Balaban J connectivity index is 1.37. The number of hydrogen-bond donors (Lipinski definition) is 4. The number of anilines is 2. The number of ether oxygens (including phenoxy) is 2. The third-order valence-electron chi connectivity index (χ3n) is 6.75. The highest BCUT2D eigenvalue weighted by atomic mass is 16.5. The summed E-state index contributed by atoms with van der Waals surface area (Å²) in [6, 6.07) is 5.86. The van der Waals surface area contributed by atoms with E-state index in [1.807, 2.05) is 6.92 Å². The molecule has 2 unspecified atom stereocenters. The molecule has 1 aliphatic heterocycles. The molecule has 7 N–H and O–H groups in total. The van der Waals surface area contributed by atoms with Crippen molar-refractivity contribution in [2.45, 2.75) is 26.2 Å². The largest absolute Gasteiger partial charge is 0.489 e. The molecule has 1 aliphatic carbocycles. The molecular formula is C26H36N10O3. The van der Waals surface area contributed by atoms with Crippen LogP contribution in [0.2, 0.25) is 0 Å². The molecule has 0 bridgehead atoms. The maximum atomic E-state index is 12.5. The molecule has 2 aromatic rings. The van der Waals surface area contributed by atoms with E-state index >= 15 is 0 Å². The average molecular weight is 537 g/mol. The minimum Gasteiger partial charge on any atom is -0.489 e. The van der Waals surface area contributed by atoms with E-state index < -0.39 is 0 Å². The van der Waals surface area contributed by atoms with E-state index in [-0.39, 0.29) is 29.4 Å². The molecule has 1 amide bonds. The number of rotatable bonds is 11. The Labute approximate surface area is 227 Å². The Morgan fingerprint density at radius 2 is 2.05 bits per heavy atom. The zero-order valence-electron chi connectivity index (χ0n) is 22.3. The van der Waals surface area contributed by atoms with E-state index in [0.717, 1.165) is 32.4 Å². The van der Waals surface area contributed by atoms with Gasteiger partial charge in [-0.2, -0.15) is 15.2 Å². The number of pyridine rings is 1. The van der Waals surface area contributed by atoms with Crippen molar-refractivity contribution in [3.05, 3.63) is 35.8 Å². The fraction of sp³-hybridized carbons (Fsp3) is 0.500. The first-order chi connectivity index (χ1) is 18.8. The van der Waals surface area contributed by atoms with Crippen LogP contribution in [0.15, 0.2) is 24.5 Å². The molecule has 13 nitrogen and oxygen atoms in total. The van der Waals surface area contributed by atoms with E-state index in [0.29, 0.717) is 54.3 Å². The van der Waals surface area contributed by atoms with Crippen LogP contribution in [-0.2, 0) is 0 Å². The summed E-state index contributed by atoms with van der Waals surface area (Å²) >= 11 is 0. The molecule has 39 heavy (non-hydrogen) atoms. The second-order valence-electron chi connectivity index (χ2n) is 9.89.